The van der Waals surface area contributed by atoms with Crippen molar-refractivity contribution in [3.63, 3.8) is 0 Å². The molecule has 0 atom stereocenters. The zero-order chi connectivity index (χ0) is 35.0. The number of halogens is 2. The van der Waals surface area contributed by atoms with Crippen molar-refractivity contribution in [3.8, 4) is 0 Å². The first-order valence-corrected chi connectivity index (χ1v) is 23.7. The molecule has 0 saturated heterocycles. The van der Waals surface area contributed by atoms with Gasteiger partial charge in [-0.2, -0.15) is 23.3 Å². The molecule has 0 fully saturated rings. The Labute approximate surface area is 339 Å². The molecule has 0 radical (unpaired) electrons. The molecule has 0 aliphatic heterocycles. The molecule has 4 aliphatic carbocycles. The SMILES string of the molecule is CC1=[C-]C2=CC=CCC(c3ccccc3)(c3ccccc3)C2=C1.CC1=[C-]C2=CC=CCC(c3ccccc3)(c3ccccc3)C2=C1.C[Si](C)=[Zr+2].[Cl-].[Cl-]. The van der Waals surface area contributed by atoms with Crippen molar-refractivity contribution in [3.05, 3.63) is 238 Å². The molecule has 0 amide bonds. The van der Waals surface area contributed by atoms with Crippen LogP contribution in [0.2, 0.25) is 13.1 Å². The fourth-order valence-electron chi connectivity index (χ4n) is 7.54. The molecule has 260 valence electrons. The normalized spacial score (nSPS) is 17.0. The number of fused-ring (bicyclic) bond motifs is 2. The van der Waals surface area contributed by atoms with Gasteiger partial charge in [0.15, 0.2) is 0 Å². The summed E-state index contributed by atoms with van der Waals surface area (Å²) in [6.45, 7) is 8.88. The maximum Gasteiger partial charge on any atom is -1.00 e. The third-order valence-electron chi connectivity index (χ3n) is 9.60. The Hall–Kier alpha value is -3.52. The molecule has 0 unspecified atom stereocenters. The Bertz CT molecular complexity index is 1850. The molecular formula is C48H44Cl2SiZr-2. The van der Waals surface area contributed by atoms with E-state index in [9.17, 15) is 0 Å². The zero-order valence-corrected chi connectivity index (χ0v) is 35.3. The van der Waals surface area contributed by atoms with Gasteiger partial charge < -0.3 is 24.8 Å². The van der Waals surface area contributed by atoms with Crippen LogP contribution in [0.4, 0.5) is 0 Å². The summed E-state index contributed by atoms with van der Waals surface area (Å²) < 4.78 is 0. The molecule has 0 saturated carbocycles. The molecule has 52 heavy (non-hydrogen) atoms. The van der Waals surface area contributed by atoms with Crippen molar-refractivity contribution in [2.45, 2.75) is 50.6 Å². The van der Waals surface area contributed by atoms with Crippen molar-refractivity contribution in [2.24, 2.45) is 0 Å². The van der Waals surface area contributed by atoms with Crippen LogP contribution in [-0.4, -0.2) is 5.43 Å². The standard InChI is InChI=1S/2C23H19.C2H6Si.2ClH.Zr/c2*1-18-16-19-10-8-9-15-23(22(19)17-18,20-11-4-2-5-12-20)21-13-6-3-7-14-21;1-3-2;;;/h2*2-14,17H,15H2,1H3;1-2H3;2*1H;/q2*-1;;;;+2/p-2. The van der Waals surface area contributed by atoms with E-state index in [2.05, 4.69) is 209 Å². The average Bonchev–Trinajstić information content (AvgIpc) is 3.59. The van der Waals surface area contributed by atoms with Gasteiger partial charge in [0.2, 0.25) is 0 Å². The van der Waals surface area contributed by atoms with Crippen molar-refractivity contribution in [1.29, 1.82) is 0 Å². The van der Waals surface area contributed by atoms with E-state index in [-0.39, 0.29) is 41.1 Å². The van der Waals surface area contributed by atoms with Crippen molar-refractivity contribution in [2.75, 3.05) is 0 Å². The molecule has 8 rings (SSSR count). The summed E-state index contributed by atoms with van der Waals surface area (Å²) in [5.41, 5.74) is 12.8. The molecule has 0 nitrogen and oxygen atoms in total. The molecule has 0 aromatic heterocycles. The van der Waals surface area contributed by atoms with Crippen LogP contribution < -0.4 is 24.8 Å². The van der Waals surface area contributed by atoms with E-state index in [4.69, 9.17) is 0 Å². The van der Waals surface area contributed by atoms with Gasteiger partial charge in [0.05, 0.1) is 0 Å². The van der Waals surface area contributed by atoms with E-state index >= 15 is 0 Å². The van der Waals surface area contributed by atoms with Crippen LogP contribution in [0, 0.1) is 12.2 Å². The molecule has 4 heteroatoms. The maximum atomic E-state index is 3.52. The topological polar surface area (TPSA) is 0 Å². The summed E-state index contributed by atoms with van der Waals surface area (Å²) in [7, 11) is 0. The largest absolute Gasteiger partial charge is 1.00 e. The summed E-state index contributed by atoms with van der Waals surface area (Å²) in [5, 5.41) is 0. The first-order chi connectivity index (χ1) is 24.3. The van der Waals surface area contributed by atoms with Crippen molar-refractivity contribution in [1.82, 2.24) is 0 Å². The second-order valence-electron chi connectivity index (χ2n) is 13.4. The van der Waals surface area contributed by atoms with Crippen LogP contribution in [0.25, 0.3) is 0 Å². The fraction of sp³-hybridized carbons (Fsp3) is 0.167. The summed E-state index contributed by atoms with van der Waals surface area (Å²) in [5.74, 6) is 0. The van der Waals surface area contributed by atoms with E-state index in [0.717, 1.165) is 12.8 Å². The molecule has 0 bridgehead atoms. The second kappa shape index (κ2) is 19.0. The second-order valence-corrected chi connectivity index (χ2v) is 22.8. The minimum absolute atomic E-state index is 0. The van der Waals surface area contributed by atoms with E-state index in [1.165, 1.54) is 55.7 Å². The Morgan fingerprint density at radius 1 is 0.500 bits per heavy atom. The predicted octanol–water partition coefficient (Wildman–Crippen LogP) is 5.89. The number of hydrogen-bond donors (Lipinski definition) is 0. The Balaban J connectivity index is 0.000000204. The molecular weight excluding hydrogens is 767 g/mol. The summed E-state index contributed by atoms with van der Waals surface area (Å²) >= 11 is 1.74. The maximum absolute atomic E-state index is 3.52. The molecule has 0 N–H and O–H groups in total. The quantitative estimate of drug-likeness (QED) is 0.179. The van der Waals surface area contributed by atoms with Crippen LogP contribution in [0.1, 0.15) is 48.9 Å². The number of hydrogen-bond acceptors (Lipinski definition) is 0. The summed E-state index contributed by atoms with van der Waals surface area (Å²) in [6.07, 6.45) is 26.9. The van der Waals surface area contributed by atoms with E-state index < -0.39 is 0 Å². The van der Waals surface area contributed by atoms with Crippen LogP contribution >= 0.6 is 0 Å². The Morgan fingerprint density at radius 2 is 0.769 bits per heavy atom. The van der Waals surface area contributed by atoms with Gasteiger partial charge in [-0.3, -0.25) is 0 Å². The summed E-state index contributed by atoms with van der Waals surface area (Å²) in [4.78, 5) is 0. The van der Waals surface area contributed by atoms with Crippen molar-refractivity contribution >= 4 is 5.43 Å². The minimum Gasteiger partial charge on any atom is -1.00 e. The van der Waals surface area contributed by atoms with E-state index in [1.807, 2.05) is 0 Å². The summed E-state index contributed by atoms with van der Waals surface area (Å²) in [6, 6.07) is 43.4. The van der Waals surface area contributed by atoms with Gasteiger partial charge in [0, 0.05) is 10.8 Å². The molecule has 0 heterocycles. The van der Waals surface area contributed by atoms with Gasteiger partial charge in [-0.05, 0) is 35.1 Å². The zero-order valence-electron chi connectivity index (χ0n) is 30.3. The Morgan fingerprint density at radius 3 is 1.04 bits per heavy atom. The van der Waals surface area contributed by atoms with Crippen LogP contribution in [0.5, 0.6) is 0 Å². The molecule has 4 aliphatic rings. The Kier molecular flexibility index (Phi) is 15.1. The minimum atomic E-state index is -0.147. The number of rotatable bonds is 4. The number of benzene rings is 4. The number of allylic oxidation sites excluding steroid dienone is 16. The molecule has 4 aromatic carbocycles. The third kappa shape index (κ3) is 8.81. The van der Waals surface area contributed by atoms with Crippen LogP contribution in [0.3, 0.4) is 0 Å². The molecule has 0 spiro atoms. The van der Waals surface area contributed by atoms with Gasteiger partial charge in [0.25, 0.3) is 0 Å². The smallest absolute Gasteiger partial charge is 1.00 e. The first-order valence-electron chi connectivity index (χ1n) is 17.5. The predicted molar refractivity (Wildman–Crippen MR) is 210 cm³/mol. The van der Waals surface area contributed by atoms with Crippen LogP contribution in [0.15, 0.2) is 203 Å². The van der Waals surface area contributed by atoms with Gasteiger partial charge in [0.1, 0.15) is 0 Å². The average molecular weight is 811 g/mol. The van der Waals surface area contributed by atoms with Gasteiger partial charge in [-0.1, -0.05) is 147 Å². The molecule has 4 aromatic rings. The van der Waals surface area contributed by atoms with E-state index in [0.29, 0.717) is 0 Å². The third-order valence-corrected chi connectivity index (χ3v) is 9.60. The van der Waals surface area contributed by atoms with Gasteiger partial charge in [-0.25, -0.2) is 0 Å². The fourth-order valence-corrected chi connectivity index (χ4v) is 7.54. The van der Waals surface area contributed by atoms with Gasteiger partial charge in [-0.15, -0.1) is 58.7 Å². The monoisotopic (exact) mass is 808 g/mol. The van der Waals surface area contributed by atoms with Gasteiger partial charge >= 0.3 is 41.9 Å². The van der Waals surface area contributed by atoms with Crippen molar-refractivity contribution < 1.29 is 48.1 Å². The first kappa shape index (κ1) is 41.2. The van der Waals surface area contributed by atoms with E-state index in [1.54, 1.807) is 23.3 Å². The van der Waals surface area contributed by atoms with Crippen LogP contribution in [-0.2, 0) is 34.2 Å².